The lowest BCUT2D eigenvalue weighted by atomic mass is 10.2. The van der Waals surface area contributed by atoms with Crippen LogP contribution in [0.4, 0.5) is 0 Å². The summed E-state index contributed by atoms with van der Waals surface area (Å²) in [6, 6.07) is 9.57. The van der Waals surface area contributed by atoms with Gasteiger partial charge in [0.25, 0.3) is 27.0 Å². The largest absolute Gasteiger partial charge is 0.459 e. The molecule has 0 saturated heterocycles. The second-order valence-electron chi connectivity index (χ2n) is 5.08. The van der Waals surface area contributed by atoms with Gasteiger partial charge in [-0.25, -0.2) is 12.7 Å². The lowest BCUT2D eigenvalue weighted by molar-refractivity contribution is 0.0876. The maximum absolute atomic E-state index is 12.4. The van der Waals surface area contributed by atoms with Gasteiger partial charge in [-0.15, -0.1) is 10.2 Å². The van der Waals surface area contributed by atoms with Crippen molar-refractivity contribution in [1.29, 1.82) is 0 Å². The van der Waals surface area contributed by atoms with Crippen LogP contribution < -0.4 is 0 Å². The van der Waals surface area contributed by atoms with Crippen LogP contribution in [0.5, 0.6) is 0 Å². The highest BCUT2D eigenvalue weighted by atomic mass is 32.2. The van der Waals surface area contributed by atoms with Crippen molar-refractivity contribution in [2.75, 3.05) is 12.3 Å². The molecule has 0 aliphatic carbocycles. The van der Waals surface area contributed by atoms with Crippen LogP contribution >= 0.6 is 11.8 Å². The summed E-state index contributed by atoms with van der Waals surface area (Å²) in [4.78, 5) is 12.3. The number of carbonyl (C=O) groups excluding carboxylic acids is 1. The van der Waals surface area contributed by atoms with Gasteiger partial charge in [-0.2, -0.15) is 0 Å². The van der Waals surface area contributed by atoms with Gasteiger partial charge in [-0.05, 0) is 24.3 Å². The van der Waals surface area contributed by atoms with Crippen molar-refractivity contribution in [2.24, 2.45) is 0 Å². The van der Waals surface area contributed by atoms with E-state index in [9.17, 15) is 13.2 Å². The standard InChI is InChI=1S/C15H11N3O5S2/c19-14-10-4-1-2-6-12(10)25(20,21)18(14)7-9-24-15-17-16-13(23-15)11-5-3-8-22-11/h1-6,8H,7,9H2. The highest BCUT2D eigenvalue weighted by molar-refractivity contribution is 7.99. The molecular weight excluding hydrogens is 366 g/mol. The summed E-state index contributed by atoms with van der Waals surface area (Å²) in [7, 11) is -3.79. The summed E-state index contributed by atoms with van der Waals surface area (Å²) in [5.74, 6) is 0.466. The van der Waals surface area contributed by atoms with Crippen LogP contribution in [0, 0.1) is 0 Å². The van der Waals surface area contributed by atoms with Crippen LogP contribution in [0.1, 0.15) is 10.4 Å². The highest BCUT2D eigenvalue weighted by Crippen LogP contribution is 2.30. The van der Waals surface area contributed by atoms with Crippen molar-refractivity contribution < 1.29 is 22.0 Å². The van der Waals surface area contributed by atoms with Crippen molar-refractivity contribution in [3.63, 3.8) is 0 Å². The summed E-state index contributed by atoms with van der Waals surface area (Å²) < 4.78 is 36.3. The summed E-state index contributed by atoms with van der Waals surface area (Å²) in [5.41, 5.74) is 0.199. The summed E-state index contributed by atoms with van der Waals surface area (Å²) in [5, 5.41) is 7.99. The zero-order valence-corrected chi connectivity index (χ0v) is 14.3. The minimum Gasteiger partial charge on any atom is -0.459 e. The molecule has 0 spiro atoms. The quantitative estimate of drug-likeness (QED) is 0.623. The number of thioether (sulfide) groups is 1. The molecule has 0 saturated carbocycles. The second kappa shape index (κ2) is 6.05. The zero-order valence-electron chi connectivity index (χ0n) is 12.7. The van der Waals surface area contributed by atoms with Gasteiger partial charge in [-0.3, -0.25) is 4.79 Å². The molecule has 3 heterocycles. The van der Waals surface area contributed by atoms with E-state index in [1.165, 1.54) is 30.2 Å². The van der Waals surface area contributed by atoms with E-state index in [1.807, 2.05) is 0 Å². The number of amides is 1. The Kier molecular flexibility index (Phi) is 3.85. The van der Waals surface area contributed by atoms with E-state index in [1.54, 1.807) is 24.3 Å². The third-order valence-electron chi connectivity index (χ3n) is 3.57. The Balaban J connectivity index is 1.44. The number of sulfonamides is 1. The first kappa shape index (κ1) is 15.9. The number of aromatic nitrogens is 2. The molecule has 8 nitrogen and oxygen atoms in total. The third kappa shape index (κ3) is 2.72. The van der Waals surface area contributed by atoms with Gasteiger partial charge in [0, 0.05) is 12.3 Å². The predicted molar refractivity (Wildman–Crippen MR) is 87.4 cm³/mol. The van der Waals surface area contributed by atoms with Crippen LogP contribution in [0.15, 0.2) is 61.6 Å². The fourth-order valence-electron chi connectivity index (χ4n) is 2.44. The lowest BCUT2D eigenvalue weighted by Gasteiger charge is -2.13. The molecule has 1 aliphatic heterocycles. The van der Waals surface area contributed by atoms with E-state index in [-0.39, 0.29) is 28.1 Å². The average Bonchev–Trinajstić information content (AvgIpc) is 3.32. The van der Waals surface area contributed by atoms with Crippen LogP contribution in [0.25, 0.3) is 11.7 Å². The molecule has 0 fully saturated rings. The topological polar surface area (TPSA) is 107 Å². The van der Waals surface area contributed by atoms with E-state index in [0.717, 1.165) is 4.31 Å². The minimum atomic E-state index is -3.79. The normalized spacial score (nSPS) is 15.5. The molecule has 1 aliphatic rings. The monoisotopic (exact) mass is 377 g/mol. The molecule has 1 aromatic carbocycles. The number of furan rings is 1. The first-order chi connectivity index (χ1) is 12.1. The molecule has 10 heteroatoms. The van der Waals surface area contributed by atoms with E-state index in [4.69, 9.17) is 8.83 Å². The van der Waals surface area contributed by atoms with Crippen LogP contribution in [0.3, 0.4) is 0 Å². The fourth-order valence-corrected chi connectivity index (χ4v) is 4.81. The molecule has 4 rings (SSSR count). The molecule has 0 bridgehead atoms. The van der Waals surface area contributed by atoms with Gasteiger partial charge >= 0.3 is 0 Å². The van der Waals surface area contributed by atoms with Crippen molar-refractivity contribution >= 4 is 27.7 Å². The number of hydrogen-bond acceptors (Lipinski definition) is 8. The number of benzene rings is 1. The van der Waals surface area contributed by atoms with Gasteiger partial charge in [0.15, 0.2) is 5.76 Å². The van der Waals surface area contributed by atoms with E-state index < -0.39 is 15.9 Å². The van der Waals surface area contributed by atoms with Gasteiger partial charge < -0.3 is 8.83 Å². The molecule has 3 aromatic rings. The zero-order chi connectivity index (χ0) is 17.4. The SMILES string of the molecule is O=C1c2ccccc2S(=O)(=O)N1CCSc1nnc(-c2ccco2)o1. The molecular formula is C15H11N3O5S2. The summed E-state index contributed by atoms with van der Waals surface area (Å²) in [6.07, 6.45) is 1.49. The molecule has 0 atom stereocenters. The van der Waals surface area contributed by atoms with E-state index >= 15 is 0 Å². The van der Waals surface area contributed by atoms with Crippen molar-refractivity contribution in [3.8, 4) is 11.7 Å². The molecule has 0 unspecified atom stereocenters. The number of nitrogens with zero attached hydrogens (tertiary/aromatic N) is 3. The molecule has 1 amide bonds. The van der Waals surface area contributed by atoms with Gasteiger partial charge in [0.1, 0.15) is 4.90 Å². The number of rotatable bonds is 5. The average molecular weight is 377 g/mol. The third-order valence-corrected chi connectivity index (χ3v) is 6.21. The minimum absolute atomic E-state index is 0.0129. The Morgan fingerprint density at radius 2 is 1.96 bits per heavy atom. The molecule has 0 radical (unpaired) electrons. The maximum atomic E-state index is 12.4. The number of fused-ring (bicyclic) bond motifs is 1. The first-order valence-corrected chi connectivity index (χ1v) is 9.66. The molecule has 128 valence electrons. The Morgan fingerprint density at radius 3 is 2.72 bits per heavy atom. The Labute approximate surface area is 146 Å². The highest BCUT2D eigenvalue weighted by Gasteiger charge is 2.40. The fraction of sp³-hybridized carbons (Fsp3) is 0.133. The lowest BCUT2D eigenvalue weighted by Crippen LogP contribution is -2.32. The Bertz CT molecular complexity index is 1030. The smallest absolute Gasteiger partial charge is 0.284 e. The number of hydrogen-bond donors (Lipinski definition) is 0. The first-order valence-electron chi connectivity index (χ1n) is 7.23. The van der Waals surface area contributed by atoms with Gasteiger partial charge in [0.05, 0.1) is 11.8 Å². The second-order valence-corrected chi connectivity index (χ2v) is 7.95. The predicted octanol–water partition coefficient (Wildman–Crippen LogP) is 2.27. The van der Waals surface area contributed by atoms with E-state index in [2.05, 4.69) is 10.2 Å². The van der Waals surface area contributed by atoms with Gasteiger partial charge in [-0.1, -0.05) is 23.9 Å². The molecule has 0 N–H and O–H groups in total. The molecule has 2 aromatic heterocycles. The van der Waals surface area contributed by atoms with Crippen LogP contribution in [0.2, 0.25) is 0 Å². The van der Waals surface area contributed by atoms with Crippen molar-refractivity contribution in [1.82, 2.24) is 14.5 Å². The van der Waals surface area contributed by atoms with E-state index in [0.29, 0.717) is 11.5 Å². The maximum Gasteiger partial charge on any atom is 0.284 e. The molecule has 25 heavy (non-hydrogen) atoms. The summed E-state index contributed by atoms with van der Waals surface area (Å²) in [6.45, 7) is 0.0129. The van der Waals surface area contributed by atoms with Gasteiger partial charge in [0.2, 0.25) is 0 Å². The summed E-state index contributed by atoms with van der Waals surface area (Å²) >= 11 is 1.17. The number of carbonyl (C=O) groups is 1. The van der Waals surface area contributed by atoms with Crippen molar-refractivity contribution in [2.45, 2.75) is 10.1 Å². The van der Waals surface area contributed by atoms with Crippen molar-refractivity contribution in [3.05, 3.63) is 48.2 Å². The van der Waals surface area contributed by atoms with Crippen LogP contribution in [-0.4, -0.2) is 41.1 Å². The van der Waals surface area contributed by atoms with Crippen LogP contribution in [-0.2, 0) is 10.0 Å². The Morgan fingerprint density at radius 1 is 1.12 bits per heavy atom. The Hall–Kier alpha value is -2.59.